The Morgan fingerprint density at radius 3 is 3.00 bits per heavy atom. The van der Waals surface area contributed by atoms with E-state index in [-0.39, 0.29) is 5.92 Å². The van der Waals surface area contributed by atoms with Crippen LogP contribution in [0.5, 0.6) is 0 Å². The first-order valence-corrected chi connectivity index (χ1v) is 4.23. The number of aryl methyl sites for hydroxylation is 1. The van der Waals surface area contributed by atoms with Gasteiger partial charge in [0.1, 0.15) is 6.29 Å². The second-order valence-corrected chi connectivity index (χ2v) is 3.02. The highest BCUT2D eigenvalue weighted by Crippen LogP contribution is 2.05. The van der Waals surface area contributed by atoms with Crippen LogP contribution in [0, 0.1) is 5.92 Å². The molecule has 1 rings (SSSR count). The van der Waals surface area contributed by atoms with Gasteiger partial charge in [0.25, 0.3) is 0 Å². The number of rotatable bonds is 4. The van der Waals surface area contributed by atoms with Gasteiger partial charge in [0.15, 0.2) is 0 Å². The average molecular weight is 166 g/mol. The molecule has 1 heterocycles. The number of hydrogen-bond acceptors (Lipinski definition) is 2. The third-order valence-corrected chi connectivity index (χ3v) is 1.80. The van der Waals surface area contributed by atoms with Gasteiger partial charge in [-0.2, -0.15) is 5.10 Å². The Morgan fingerprint density at radius 2 is 2.50 bits per heavy atom. The van der Waals surface area contributed by atoms with E-state index in [0.29, 0.717) is 0 Å². The van der Waals surface area contributed by atoms with Gasteiger partial charge < -0.3 is 4.79 Å². The average Bonchev–Trinajstić information content (AvgIpc) is 2.52. The van der Waals surface area contributed by atoms with Crippen molar-refractivity contribution in [3.8, 4) is 0 Å². The molecule has 0 N–H and O–H groups in total. The standard InChI is InChI=1S/C9H14N2O/c1-3-11-6-9(5-10-11)4-8(2)7-12/h5-8H,3-4H2,1-2H3. The molecule has 1 atom stereocenters. The molecule has 0 spiro atoms. The molecule has 0 aliphatic heterocycles. The fourth-order valence-electron chi connectivity index (χ4n) is 1.10. The van der Waals surface area contributed by atoms with Gasteiger partial charge in [0.2, 0.25) is 0 Å². The van der Waals surface area contributed by atoms with E-state index in [0.717, 1.165) is 24.8 Å². The maximum Gasteiger partial charge on any atom is 0.123 e. The molecule has 0 aliphatic rings. The predicted octanol–water partition coefficient (Wildman–Crippen LogP) is 1.28. The lowest BCUT2D eigenvalue weighted by molar-refractivity contribution is -0.110. The summed E-state index contributed by atoms with van der Waals surface area (Å²) in [5, 5.41) is 4.12. The van der Waals surface area contributed by atoms with Crippen molar-refractivity contribution < 1.29 is 4.79 Å². The zero-order valence-electron chi connectivity index (χ0n) is 7.53. The normalized spacial score (nSPS) is 12.8. The Labute approximate surface area is 72.4 Å². The van der Waals surface area contributed by atoms with Gasteiger partial charge in [-0.1, -0.05) is 6.92 Å². The van der Waals surface area contributed by atoms with Crippen LogP contribution < -0.4 is 0 Å². The fourth-order valence-corrected chi connectivity index (χ4v) is 1.10. The largest absolute Gasteiger partial charge is 0.303 e. The van der Waals surface area contributed by atoms with Crippen LogP contribution in [0.3, 0.4) is 0 Å². The molecule has 0 radical (unpaired) electrons. The molecule has 0 bridgehead atoms. The fraction of sp³-hybridized carbons (Fsp3) is 0.556. The summed E-state index contributed by atoms with van der Waals surface area (Å²) in [5.41, 5.74) is 1.14. The highest BCUT2D eigenvalue weighted by atomic mass is 16.1. The van der Waals surface area contributed by atoms with E-state index in [1.165, 1.54) is 0 Å². The smallest absolute Gasteiger partial charge is 0.123 e. The molecule has 0 saturated carbocycles. The molecule has 66 valence electrons. The molecule has 1 aromatic heterocycles. The van der Waals surface area contributed by atoms with E-state index in [1.54, 1.807) is 0 Å². The molecule has 3 nitrogen and oxygen atoms in total. The Hall–Kier alpha value is -1.12. The summed E-state index contributed by atoms with van der Waals surface area (Å²) < 4.78 is 1.87. The number of aldehydes is 1. The second-order valence-electron chi connectivity index (χ2n) is 3.02. The first kappa shape index (κ1) is 8.97. The summed E-state index contributed by atoms with van der Waals surface area (Å²) in [7, 11) is 0. The number of aromatic nitrogens is 2. The lowest BCUT2D eigenvalue weighted by Gasteiger charge is -1.98. The highest BCUT2D eigenvalue weighted by molar-refractivity contribution is 5.53. The van der Waals surface area contributed by atoms with Crippen molar-refractivity contribution >= 4 is 6.29 Å². The molecule has 0 amide bonds. The molecule has 0 fully saturated rings. The molecular formula is C9H14N2O. The monoisotopic (exact) mass is 166 g/mol. The van der Waals surface area contributed by atoms with E-state index < -0.39 is 0 Å². The number of carbonyl (C=O) groups is 1. The lowest BCUT2D eigenvalue weighted by Crippen LogP contribution is -1.99. The van der Waals surface area contributed by atoms with E-state index in [1.807, 2.05) is 30.9 Å². The van der Waals surface area contributed by atoms with Gasteiger partial charge in [-0.25, -0.2) is 0 Å². The number of carbonyl (C=O) groups excluding carboxylic acids is 1. The molecular weight excluding hydrogens is 152 g/mol. The zero-order chi connectivity index (χ0) is 8.97. The molecule has 12 heavy (non-hydrogen) atoms. The summed E-state index contributed by atoms with van der Waals surface area (Å²) in [6.07, 6.45) is 5.58. The van der Waals surface area contributed by atoms with E-state index >= 15 is 0 Å². The van der Waals surface area contributed by atoms with Crippen molar-refractivity contribution in [3.63, 3.8) is 0 Å². The zero-order valence-corrected chi connectivity index (χ0v) is 7.53. The minimum absolute atomic E-state index is 0.0968. The molecule has 0 aromatic carbocycles. The van der Waals surface area contributed by atoms with Crippen molar-refractivity contribution in [2.24, 2.45) is 5.92 Å². The summed E-state index contributed by atoms with van der Waals surface area (Å²) in [6, 6.07) is 0. The van der Waals surface area contributed by atoms with Crippen LogP contribution in [-0.4, -0.2) is 16.1 Å². The quantitative estimate of drug-likeness (QED) is 0.631. The topological polar surface area (TPSA) is 34.9 Å². The van der Waals surface area contributed by atoms with Gasteiger partial charge in [-0.15, -0.1) is 0 Å². The van der Waals surface area contributed by atoms with Crippen LogP contribution in [0.2, 0.25) is 0 Å². The Kier molecular flexibility index (Phi) is 3.02. The summed E-state index contributed by atoms with van der Waals surface area (Å²) in [6.45, 7) is 4.84. The van der Waals surface area contributed by atoms with Gasteiger partial charge in [0.05, 0.1) is 6.20 Å². The van der Waals surface area contributed by atoms with Crippen LogP contribution in [0.1, 0.15) is 19.4 Å². The Bertz CT molecular complexity index is 255. The predicted molar refractivity (Wildman–Crippen MR) is 46.8 cm³/mol. The van der Waals surface area contributed by atoms with Crippen molar-refractivity contribution in [2.75, 3.05) is 0 Å². The Morgan fingerprint density at radius 1 is 1.75 bits per heavy atom. The van der Waals surface area contributed by atoms with E-state index in [2.05, 4.69) is 5.10 Å². The summed E-state index contributed by atoms with van der Waals surface area (Å²) >= 11 is 0. The van der Waals surface area contributed by atoms with Crippen molar-refractivity contribution in [1.82, 2.24) is 9.78 Å². The van der Waals surface area contributed by atoms with E-state index in [9.17, 15) is 4.79 Å². The SMILES string of the molecule is CCn1cc(CC(C)C=O)cn1. The summed E-state index contributed by atoms with van der Waals surface area (Å²) in [4.78, 5) is 10.4. The number of nitrogens with zero attached hydrogens (tertiary/aromatic N) is 2. The first-order valence-electron chi connectivity index (χ1n) is 4.23. The van der Waals surface area contributed by atoms with Crippen LogP contribution in [0.15, 0.2) is 12.4 Å². The molecule has 0 aliphatic carbocycles. The Balaban J connectivity index is 2.57. The van der Waals surface area contributed by atoms with Crippen LogP contribution in [0.25, 0.3) is 0 Å². The second kappa shape index (κ2) is 4.04. The van der Waals surface area contributed by atoms with Gasteiger partial charge in [-0.05, 0) is 18.9 Å². The number of hydrogen-bond donors (Lipinski definition) is 0. The van der Waals surface area contributed by atoms with Crippen molar-refractivity contribution in [1.29, 1.82) is 0 Å². The molecule has 1 unspecified atom stereocenters. The highest BCUT2D eigenvalue weighted by Gasteiger charge is 2.03. The van der Waals surface area contributed by atoms with Crippen molar-refractivity contribution in [3.05, 3.63) is 18.0 Å². The maximum absolute atomic E-state index is 10.4. The minimum Gasteiger partial charge on any atom is -0.303 e. The molecule has 1 aromatic rings. The third kappa shape index (κ3) is 2.19. The summed E-state index contributed by atoms with van der Waals surface area (Å²) in [5.74, 6) is 0.0968. The van der Waals surface area contributed by atoms with Crippen LogP contribution >= 0.6 is 0 Å². The van der Waals surface area contributed by atoms with Gasteiger partial charge in [0, 0.05) is 18.7 Å². The molecule has 3 heteroatoms. The lowest BCUT2D eigenvalue weighted by atomic mass is 10.1. The first-order chi connectivity index (χ1) is 5.76. The van der Waals surface area contributed by atoms with Gasteiger partial charge in [-0.3, -0.25) is 4.68 Å². The third-order valence-electron chi connectivity index (χ3n) is 1.80. The van der Waals surface area contributed by atoms with Crippen LogP contribution in [-0.2, 0) is 17.8 Å². The molecule has 0 saturated heterocycles. The van der Waals surface area contributed by atoms with E-state index in [4.69, 9.17) is 0 Å². The van der Waals surface area contributed by atoms with Gasteiger partial charge >= 0.3 is 0 Å². The maximum atomic E-state index is 10.4. The van der Waals surface area contributed by atoms with Crippen LogP contribution in [0.4, 0.5) is 0 Å². The minimum atomic E-state index is 0.0968. The van der Waals surface area contributed by atoms with Crippen molar-refractivity contribution in [2.45, 2.75) is 26.8 Å².